The highest BCUT2D eigenvalue weighted by atomic mass is 16.4. The fraction of sp³-hybridized carbons (Fsp3) is 0.545. The second kappa shape index (κ2) is 4.08. The van der Waals surface area contributed by atoms with E-state index in [9.17, 15) is 4.79 Å². The third-order valence-corrected chi connectivity index (χ3v) is 2.79. The molecule has 0 bridgehead atoms. The summed E-state index contributed by atoms with van der Waals surface area (Å²) < 4.78 is 0. The predicted octanol–water partition coefficient (Wildman–Crippen LogP) is 1.00. The zero-order valence-corrected chi connectivity index (χ0v) is 9.47. The predicted molar refractivity (Wildman–Crippen MR) is 59.5 cm³/mol. The van der Waals surface area contributed by atoms with Crippen molar-refractivity contribution in [3.05, 3.63) is 17.5 Å². The third kappa shape index (κ3) is 2.13. The lowest BCUT2D eigenvalue weighted by molar-refractivity contribution is -0.140. The number of aromatic nitrogens is 2. The van der Waals surface area contributed by atoms with Gasteiger partial charge in [-0.2, -0.15) is 0 Å². The van der Waals surface area contributed by atoms with Gasteiger partial charge in [-0.3, -0.25) is 4.79 Å². The Kier molecular flexibility index (Phi) is 2.77. The smallest absolute Gasteiger partial charge is 0.308 e. The van der Waals surface area contributed by atoms with Gasteiger partial charge in [0.15, 0.2) is 0 Å². The second-order valence-electron chi connectivity index (χ2n) is 4.22. The Morgan fingerprint density at radius 1 is 1.44 bits per heavy atom. The minimum atomic E-state index is -0.730. The van der Waals surface area contributed by atoms with E-state index in [1.807, 2.05) is 24.8 Å². The zero-order valence-electron chi connectivity index (χ0n) is 9.47. The first-order valence-corrected chi connectivity index (χ1v) is 5.36. The molecule has 1 aliphatic rings. The van der Waals surface area contributed by atoms with Crippen LogP contribution in [-0.2, 0) is 4.79 Å². The average molecular weight is 221 g/mol. The van der Waals surface area contributed by atoms with Gasteiger partial charge in [-0.1, -0.05) is 0 Å². The number of carboxylic acids is 1. The lowest BCUT2D eigenvalue weighted by Gasteiger charge is -2.16. The van der Waals surface area contributed by atoms with Crippen LogP contribution in [0.2, 0.25) is 0 Å². The Hall–Kier alpha value is -1.65. The molecule has 1 atom stereocenters. The molecular formula is C11H15N3O2. The molecule has 1 unspecified atom stereocenters. The molecule has 0 spiro atoms. The molecular weight excluding hydrogens is 206 g/mol. The lowest BCUT2D eigenvalue weighted by atomic mass is 10.1. The minimum absolute atomic E-state index is 0.288. The van der Waals surface area contributed by atoms with E-state index in [0.29, 0.717) is 18.9 Å². The fourth-order valence-corrected chi connectivity index (χ4v) is 1.99. The number of aliphatic carboxylic acids is 1. The Labute approximate surface area is 94.1 Å². The van der Waals surface area contributed by atoms with Crippen LogP contribution in [-0.4, -0.2) is 34.1 Å². The summed E-state index contributed by atoms with van der Waals surface area (Å²) in [7, 11) is 0. The maximum atomic E-state index is 10.8. The van der Waals surface area contributed by atoms with Gasteiger partial charge in [-0.15, -0.1) is 0 Å². The topological polar surface area (TPSA) is 66.3 Å². The van der Waals surface area contributed by atoms with E-state index in [1.54, 1.807) is 0 Å². The van der Waals surface area contributed by atoms with Crippen molar-refractivity contribution in [3.63, 3.8) is 0 Å². The molecule has 0 radical (unpaired) electrons. The normalized spacial score (nSPS) is 20.1. The molecule has 0 saturated carbocycles. The van der Waals surface area contributed by atoms with Gasteiger partial charge in [0.2, 0.25) is 5.95 Å². The van der Waals surface area contributed by atoms with Crippen LogP contribution >= 0.6 is 0 Å². The molecule has 2 heterocycles. The fourth-order valence-electron chi connectivity index (χ4n) is 1.99. The monoisotopic (exact) mass is 221 g/mol. The van der Waals surface area contributed by atoms with Crippen LogP contribution in [0.3, 0.4) is 0 Å². The number of hydrogen-bond acceptors (Lipinski definition) is 4. The molecule has 1 aromatic rings. The van der Waals surface area contributed by atoms with Gasteiger partial charge < -0.3 is 10.0 Å². The summed E-state index contributed by atoms with van der Waals surface area (Å²) in [4.78, 5) is 21.5. The maximum Gasteiger partial charge on any atom is 0.308 e. The highest BCUT2D eigenvalue weighted by Gasteiger charge is 2.29. The summed E-state index contributed by atoms with van der Waals surface area (Å²) >= 11 is 0. The molecule has 1 saturated heterocycles. The first-order chi connectivity index (χ1) is 7.56. The van der Waals surface area contributed by atoms with Gasteiger partial charge in [0.05, 0.1) is 5.92 Å². The first kappa shape index (κ1) is 10.9. The summed E-state index contributed by atoms with van der Waals surface area (Å²) in [6, 6.07) is 1.91. The molecule has 5 nitrogen and oxygen atoms in total. The maximum absolute atomic E-state index is 10.8. The van der Waals surface area contributed by atoms with Crippen molar-refractivity contribution in [2.75, 3.05) is 18.0 Å². The Morgan fingerprint density at radius 3 is 2.56 bits per heavy atom. The standard InChI is InChI=1S/C11H15N3O2/c1-7-5-8(2)13-11(12-7)14-4-3-9(6-14)10(15)16/h5,9H,3-4,6H2,1-2H3,(H,15,16). The van der Waals surface area contributed by atoms with Gasteiger partial charge in [0, 0.05) is 24.5 Å². The SMILES string of the molecule is Cc1cc(C)nc(N2CCC(C(=O)O)C2)n1. The number of rotatable bonds is 2. The van der Waals surface area contributed by atoms with Gasteiger partial charge in [0.25, 0.3) is 0 Å². The van der Waals surface area contributed by atoms with Gasteiger partial charge in [-0.25, -0.2) is 9.97 Å². The molecule has 5 heteroatoms. The molecule has 1 aromatic heterocycles. The van der Waals surface area contributed by atoms with E-state index in [1.165, 1.54) is 0 Å². The van der Waals surface area contributed by atoms with Crippen molar-refractivity contribution in [1.29, 1.82) is 0 Å². The number of aryl methyl sites for hydroxylation is 2. The molecule has 86 valence electrons. The van der Waals surface area contributed by atoms with Crippen LogP contribution in [0.25, 0.3) is 0 Å². The van der Waals surface area contributed by atoms with Crippen LogP contribution in [0, 0.1) is 19.8 Å². The molecule has 0 aliphatic carbocycles. The first-order valence-electron chi connectivity index (χ1n) is 5.36. The Morgan fingerprint density at radius 2 is 2.06 bits per heavy atom. The zero-order chi connectivity index (χ0) is 11.7. The van der Waals surface area contributed by atoms with Crippen molar-refractivity contribution >= 4 is 11.9 Å². The van der Waals surface area contributed by atoms with Crippen molar-refractivity contribution in [2.24, 2.45) is 5.92 Å². The van der Waals surface area contributed by atoms with E-state index in [-0.39, 0.29) is 5.92 Å². The Bertz CT molecular complexity index is 399. The minimum Gasteiger partial charge on any atom is -0.481 e. The summed E-state index contributed by atoms with van der Waals surface area (Å²) in [5.41, 5.74) is 1.84. The van der Waals surface area contributed by atoms with Crippen LogP contribution in [0.15, 0.2) is 6.07 Å². The quantitative estimate of drug-likeness (QED) is 0.807. The molecule has 1 fully saturated rings. The highest BCUT2D eigenvalue weighted by Crippen LogP contribution is 2.21. The number of nitrogens with zero attached hydrogens (tertiary/aromatic N) is 3. The second-order valence-corrected chi connectivity index (χ2v) is 4.22. The lowest BCUT2D eigenvalue weighted by Crippen LogP contribution is -2.24. The van der Waals surface area contributed by atoms with Crippen molar-refractivity contribution in [3.8, 4) is 0 Å². The molecule has 2 rings (SSSR count). The average Bonchev–Trinajstić information content (AvgIpc) is 2.64. The number of anilines is 1. The molecule has 1 N–H and O–H groups in total. The van der Waals surface area contributed by atoms with E-state index in [4.69, 9.17) is 5.11 Å². The summed E-state index contributed by atoms with van der Waals surface area (Å²) in [5, 5.41) is 8.92. The van der Waals surface area contributed by atoms with Crippen LogP contribution in [0.4, 0.5) is 5.95 Å². The third-order valence-electron chi connectivity index (χ3n) is 2.79. The summed E-state index contributed by atoms with van der Waals surface area (Å²) in [6.07, 6.45) is 0.672. The van der Waals surface area contributed by atoms with Crippen LogP contribution < -0.4 is 4.90 Å². The van der Waals surface area contributed by atoms with Crippen molar-refractivity contribution in [2.45, 2.75) is 20.3 Å². The van der Waals surface area contributed by atoms with E-state index in [0.717, 1.165) is 17.9 Å². The molecule has 16 heavy (non-hydrogen) atoms. The van der Waals surface area contributed by atoms with Gasteiger partial charge in [-0.05, 0) is 26.3 Å². The van der Waals surface area contributed by atoms with E-state index >= 15 is 0 Å². The van der Waals surface area contributed by atoms with Crippen molar-refractivity contribution < 1.29 is 9.90 Å². The van der Waals surface area contributed by atoms with E-state index in [2.05, 4.69) is 9.97 Å². The molecule has 0 aromatic carbocycles. The van der Waals surface area contributed by atoms with Crippen LogP contribution in [0.1, 0.15) is 17.8 Å². The summed E-state index contributed by atoms with van der Waals surface area (Å²) in [5.74, 6) is -0.363. The molecule has 0 amide bonds. The van der Waals surface area contributed by atoms with Crippen LogP contribution in [0.5, 0.6) is 0 Å². The van der Waals surface area contributed by atoms with Gasteiger partial charge >= 0.3 is 5.97 Å². The van der Waals surface area contributed by atoms with Gasteiger partial charge in [0.1, 0.15) is 0 Å². The highest BCUT2D eigenvalue weighted by molar-refractivity contribution is 5.71. The number of carboxylic acid groups (broad SMARTS) is 1. The Balaban J connectivity index is 2.17. The van der Waals surface area contributed by atoms with Crippen molar-refractivity contribution in [1.82, 2.24) is 9.97 Å². The molecule has 1 aliphatic heterocycles. The summed E-state index contributed by atoms with van der Waals surface area (Å²) in [6.45, 7) is 5.07. The number of hydrogen-bond donors (Lipinski definition) is 1. The number of carbonyl (C=O) groups is 1. The largest absolute Gasteiger partial charge is 0.481 e. The van der Waals surface area contributed by atoms with E-state index < -0.39 is 5.97 Å².